The van der Waals surface area contributed by atoms with Gasteiger partial charge >= 0.3 is 10.8 Å². The number of halogens is 3. The molecule has 9 heteroatoms. The van der Waals surface area contributed by atoms with E-state index in [0.717, 1.165) is 0 Å². The van der Waals surface area contributed by atoms with Gasteiger partial charge < -0.3 is 14.2 Å². The minimum atomic E-state index is -1.26. The number of alkyl halides is 1. The summed E-state index contributed by atoms with van der Waals surface area (Å²) in [7, 11) is 0. The Labute approximate surface area is 199 Å². The lowest BCUT2D eigenvalue weighted by Gasteiger charge is -2.44. The van der Waals surface area contributed by atoms with Crippen LogP contribution in [-0.4, -0.2) is 25.0 Å². The van der Waals surface area contributed by atoms with Crippen molar-refractivity contribution in [1.82, 2.24) is 7.85 Å². The summed E-state index contributed by atoms with van der Waals surface area (Å²) in [5.41, 5.74) is 0. The second-order valence-corrected chi connectivity index (χ2v) is 8.63. The maximum Gasteiger partial charge on any atom is 0.329 e. The Morgan fingerprint density at radius 2 is 1.23 bits per heavy atom. The molecule has 0 amide bonds. The summed E-state index contributed by atoms with van der Waals surface area (Å²) in [6, 6.07) is 28.4. The van der Waals surface area contributed by atoms with E-state index >= 15 is 0 Å². The zero-order valence-corrected chi connectivity index (χ0v) is 20.2. The predicted molar refractivity (Wildman–Crippen MR) is 126 cm³/mol. The lowest BCUT2D eigenvalue weighted by molar-refractivity contribution is -0.0713. The lowest BCUT2D eigenvalue weighted by Crippen LogP contribution is -2.63. The van der Waals surface area contributed by atoms with E-state index in [9.17, 15) is 0 Å². The van der Waals surface area contributed by atoms with Gasteiger partial charge in [0.15, 0.2) is 0 Å². The molecule has 0 aliphatic carbocycles. The number of hydrogen-bond donors (Lipinski definition) is 0. The number of benzene rings is 3. The van der Waals surface area contributed by atoms with E-state index in [1.165, 1.54) is 0 Å². The number of hydrogen-bond acceptors (Lipinski definition) is 6. The molecule has 0 spiro atoms. The summed E-state index contributed by atoms with van der Waals surface area (Å²) in [6.07, 6.45) is -0.803. The molecule has 0 saturated carbocycles. The van der Waals surface area contributed by atoms with Crippen molar-refractivity contribution in [2.45, 2.75) is 11.1 Å². The molecular formula is C21H16Br3N3O3. The van der Waals surface area contributed by atoms with Crippen LogP contribution in [0.15, 0.2) is 96.0 Å². The maximum atomic E-state index is 6.24. The molecule has 1 heterocycles. The molecular weight excluding hydrogens is 582 g/mol. The molecule has 1 aliphatic heterocycles. The van der Waals surface area contributed by atoms with Crippen molar-refractivity contribution in [2.75, 3.05) is 0 Å². The molecule has 6 nitrogen and oxygen atoms in total. The van der Waals surface area contributed by atoms with Crippen molar-refractivity contribution in [3.05, 3.63) is 91.0 Å². The van der Waals surface area contributed by atoms with E-state index in [4.69, 9.17) is 14.2 Å². The highest BCUT2D eigenvalue weighted by Gasteiger charge is 2.52. The third kappa shape index (κ3) is 4.64. The van der Waals surface area contributed by atoms with Gasteiger partial charge in [0, 0.05) is 32.1 Å². The van der Waals surface area contributed by atoms with E-state index in [-0.39, 0.29) is 6.02 Å². The first-order chi connectivity index (χ1) is 14.6. The van der Waals surface area contributed by atoms with Crippen molar-refractivity contribution >= 4 is 54.2 Å². The Hall–Kier alpha value is -2.07. The fourth-order valence-electron chi connectivity index (χ4n) is 2.61. The predicted octanol–water partition coefficient (Wildman–Crippen LogP) is 6.11. The lowest BCUT2D eigenvalue weighted by atomic mass is 10.3. The summed E-state index contributed by atoms with van der Waals surface area (Å²) in [5, 5.41) is 0. The molecule has 0 bridgehead atoms. The van der Waals surface area contributed by atoms with Crippen LogP contribution in [0.5, 0.6) is 17.2 Å². The second kappa shape index (κ2) is 9.38. The number of aliphatic imine (C=N–C) groups is 1. The molecule has 0 aromatic heterocycles. The third-order valence-corrected chi connectivity index (χ3v) is 7.48. The molecule has 4 rings (SSSR count). The van der Waals surface area contributed by atoms with Crippen LogP contribution in [-0.2, 0) is 0 Å². The number of para-hydroxylation sites is 3. The minimum Gasteiger partial charge on any atom is -0.454 e. The molecule has 0 fully saturated rings. The summed E-state index contributed by atoms with van der Waals surface area (Å²) >= 11 is 10.7. The van der Waals surface area contributed by atoms with Crippen molar-refractivity contribution in [3.8, 4) is 17.2 Å². The van der Waals surface area contributed by atoms with Gasteiger partial charge in [-0.15, -0.1) is 3.93 Å². The van der Waals surface area contributed by atoms with Crippen molar-refractivity contribution < 1.29 is 14.2 Å². The number of rotatable bonds is 5. The SMILES string of the molecule is BrN1C(Oc2ccccc2)=NC(Oc2ccccc2)N(Br)C1(Br)Oc1ccccc1. The zero-order chi connectivity index (χ0) is 21.0. The quantitative estimate of drug-likeness (QED) is 0.202. The highest BCUT2D eigenvalue weighted by atomic mass is 79.9. The van der Waals surface area contributed by atoms with Crippen LogP contribution < -0.4 is 14.2 Å². The second-order valence-electron chi connectivity index (χ2n) is 6.12. The van der Waals surface area contributed by atoms with Crippen LogP contribution in [0.2, 0.25) is 0 Å². The molecule has 0 radical (unpaired) electrons. The third-order valence-electron chi connectivity index (χ3n) is 4.02. The van der Waals surface area contributed by atoms with E-state index in [0.29, 0.717) is 17.2 Å². The smallest absolute Gasteiger partial charge is 0.329 e. The zero-order valence-electron chi connectivity index (χ0n) is 15.4. The standard InChI is InChI=1S/C21H16Br3N3O3/c22-21(30-18-14-8-3-9-15-18)26(23)19(28-16-10-4-1-5-11-16)25-20(27(21)24)29-17-12-6-2-7-13-17/h1-15,19H. The summed E-state index contributed by atoms with van der Waals surface area (Å²) < 4.78 is 20.2. The highest BCUT2D eigenvalue weighted by molar-refractivity contribution is 9.12. The van der Waals surface area contributed by atoms with E-state index in [1.807, 2.05) is 91.0 Å². The van der Waals surface area contributed by atoms with Crippen LogP contribution >= 0.6 is 48.2 Å². The number of amidine groups is 1. The topological polar surface area (TPSA) is 46.5 Å². The average Bonchev–Trinajstić information content (AvgIpc) is 2.78. The molecule has 0 saturated heterocycles. The first kappa shape index (κ1) is 21.2. The monoisotopic (exact) mass is 595 g/mol. The van der Waals surface area contributed by atoms with Gasteiger partial charge in [0.1, 0.15) is 17.2 Å². The first-order valence-electron chi connectivity index (χ1n) is 8.93. The molecule has 3 aromatic rings. The highest BCUT2D eigenvalue weighted by Crippen LogP contribution is 2.41. The van der Waals surface area contributed by atoms with Gasteiger partial charge in [-0.05, 0) is 36.4 Å². The Morgan fingerprint density at radius 3 is 1.80 bits per heavy atom. The van der Waals surface area contributed by atoms with Crippen LogP contribution in [0.4, 0.5) is 0 Å². The van der Waals surface area contributed by atoms with E-state index in [1.54, 1.807) is 7.85 Å². The number of nitrogens with zero attached hydrogens (tertiary/aromatic N) is 3. The fourth-order valence-corrected chi connectivity index (χ4v) is 4.15. The van der Waals surface area contributed by atoms with E-state index < -0.39 is 11.1 Å². The molecule has 2 atom stereocenters. The summed E-state index contributed by atoms with van der Waals surface area (Å²) in [5.74, 6) is 1.90. The van der Waals surface area contributed by atoms with Crippen molar-refractivity contribution in [2.24, 2.45) is 4.99 Å². The maximum absolute atomic E-state index is 6.24. The van der Waals surface area contributed by atoms with Crippen molar-refractivity contribution in [3.63, 3.8) is 0 Å². The van der Waals surface area contributed by atoms with Gasteiger partial charge in [0.25, 0.3) is 6.35 Å². The molecule has 3 aromatic carbocycles. The summed E-state index contributed by atoms with van der Waals surface area (Å²) in [4.78, 5) is 4.59. The largest absolute Gasteiger partial charge is 0.454 e. The fraction of sp³-hybridized carbons (Fsp3) is 0.0952. The van der Waals surface area contributed by atoms with Gasteiger partial charge in [0.2, 0.25) is 0 Å². The average molecular weight is 598 g/mol. The van der Waals surface area contributed by atoms with Gasteiger partial charge in [-0.25, -0.2) is 0 Å². The van der Waals surface area contributed by atoms with Gasteiger partial charge in [-0.2, -0.15) is 8.92 Å². The van der Waals surface area contributed by atoms with Crippen LogP contribution in [0.3, 0.4) is 0 Å². The Balaban J connectivity index is 1.69. The molecule has 0 N–H and O–H groups in total. The minimum absolute atomic E-state index is 0.241. The van der Waals surface area contributed by atoms with Gasteiger partial charge in [-0.1, -0.05) is 54.6 Å². The van der Waals surface area contributed by atoms with Crippen molar-refractivity contribution in [1.29, 1.82) is 0 Å². The van der Waals surface area contributed by atoms with E-state index in [2.05, 4.69) is 53.2 Å². The van der Waals surface area contributed by atoms with Gasteiger partial charge in [0.05, 0.1) is 16.1 Å². The normalized spacial score (nSPS) is 21.6. The van der Waals surface area contributed by atoms with Crippen LogP contribution in [0.25, 0.3) is 0 Å². The first-order valence-corrected chi connectivity index (χ1v) is 11.1. The molecule has 1 aliphatic rings. The Bertz CT molecular complexity index is 995. The molecule has 2 unspecified atom stereocenters. The van der Waals surface area contributed by atoms with Crippen LogP contribution in [0.1, 0.15) is 0 Å². The van der Waals surface area contributed by atoms with Crippen LogP contribution in [0, 0.1) is 0 Å². The Kier molecular flexibility index (Phi) is 6.62. The molecule has 154 valence electrons. The van der Waals surface area contributed by atoms with Gasteiger partial charge in [-0.3, -0.25) is 0 Å². The Morgan fingerprint density at radius 1 is 0.733 bits per heavy atom. The summed E-state index contributed by atoms with van der Waals surface area (Å²) in [6.45, 7) is 0. The molecule has 30 heavy (non-hydrogen) atoms. The number of ether oxygens (including phenoxy) is 3.